The van der Waals surface area contributed by atoms with Gasteiger partial charge < -0.3 is 0 Å². The van der Waals surface area contributed by atoms with Crippen LogP contribution in [-0.2, 0) is 0 Å². The molecule has 0 aromatic heterocycles. The van der Waals surface area contributed by atoms with E-state index in [1.54, 1.807) is 0 Å². The molecule has 1 atom stereocenters. The van der Waals surface area contributed by atoms with Crippen LogP contribution in [0.1, 0.15) is 46.0 Å². The normalized spacial score (nSPS) is 47.0. The van der Waals surface area contributed by atoms with Crippen LogP contribution in [0.4, 0.5) is 0 Å². The maximum atomic E-state index is 9.43. The van der Waals surface area contributed by atoms with Crippen LogP contribution in [0.5, 0.6) is 0 Å². The summed E-state index contributed by atoms with van der Waals surface area (Å²) < 4.78 is 0. The van der Waals surface area contributed by atoms with Crippen LogP contribution >= 0.6 is 0 Å². The zero-order valence-electron chi connectivity index (χ0n) is 10.5. The summed E-state index contributed by atoms with van der Waals surface area (Å²) in [5.74, 6) is 5.50. The van der Waals surface area contributed by atoms with E-state index < -0.39 is 0 Å². The first-order valence-electron chi connectivity index (χ1n) is 7.08. The zero-order valence-corrected chi connectivity index (χ0v) is 10.5. The number of nitrogens with zero attached hydrogens (tertiary/aromatic N) is 1. The summed E-state index contributed by atoms with van der Waals surface area (Å²) in [7, 11) is 0. The Balaban J connectivity index is 1.84. The average Bonchev–Trinajstić information content (AvgIpc) is 2.21. The first-order valence-corrected chi connectivity index (χ1v) is 7.08. The van der Waals surface area contributed by atoms with Crippen molar-refractivity contribution in [3.05, 3.63) is 0 Å². The Morgan fingerprint density at radius 3 is 1.81 bits per heavy atom. The second-order valence-corrected chi connectivity index (χ2v) is 6.91. The third-order valence-corrected chi connectivity index (χ3v) is 5.58. The molecule has 0 aliphatic heterocycles. The molecule has 4 fully saturated rings. The van der Waals surface area contributed by atoms with E-state index in [4.69, 9.17) is 0 Å². The minimum absolute atomic E-state index is 0.329. The number of hydrogen-bond acceptors (Lipinski definition) is 1. The van der Waals surface area contributed by atoms with Gasteiger partial charge in [-0.2, -0.15) is 5.26 Å². The summed E-state index contributed by atoms with van der Waals surface area (Å²) in [5, 5.41) is 9.43. The Kier molecular flexibility index (Phi) is 2.50. The molecule has 0 N–H and O–H groups in total. The molecule has 4 bridgehead atoms. The Labute approximate surface area is 99.2 Å². The summed E-state index contributed by atoms with van der Waals surface area (Å²) in [6.07, 6.45) is 7.30. The number of rotatable bonds is 2. The van der Waals surface area contributed by atoms with Crippen LogP contribution in [0.2, 0.25) is 0 Å². The Hall–Kier alpha value is -0.510. The fourth-order valence-electron chi connectivity index (χ4n) is 5.23. The lowest BCUT2D eigenvalue weighted by Crippen LogP contribution is -2.48. The Bertz CT molecular complexity index is 284. The second-order valence-electron chi connectivity index (χ2n) is 6.91. The predicted molar refractivity (Wildman–Crippen MR) is 64.5 cm³/mol. The third-order valence-electron chi connectivity index (χ3n) is 5.58. The van der Waals surface area contributed by atoms with Crippen molar-refractivity contribution in [1.82, 2.24) is 0 Å². The van der Waals surface area contributed by atoms with E-state index in [1.165, 1.54) is 32.1 Å². The molecule has 88 valence electrons. The summed E-state index contributed by atoms with van der Waals surface area (Å²) in [6.45, 7) is 4.47. The van der Waals surface area contributed by atoms with Gasteiger partial charge in [0.1, 0.15) is 0 Å². The first-order chi connectivity index (χ1) is 7.69. The summed E-state index contributed by atoms with van der Waals surface area (Å²) in [5.41, 5.74) is 0. The van der Waals surface area contributed by atoms with Gasteiger partial charge in [-0.3, -0.25) is 0 Å². The van der Waals surface area contributed by atoms with Crippen molar-refractivity contribution in [3.8, 4) is 6.07 Å². The summed E-state index contributed by atoms with van der Waals surface area (Å²) in [4.78, 5) is 0. The molecule has 4 rings (SSSR count). The lowest BCUT2D eigenvalue weighted by atomic mass is 9.49. The highest BCUT2D eigenvalue weighted by Gasteiger charge is 2.50. The molecule has 0 spiro atoms. The van der Waals surface area contributed by atoms with Crippen molar-refractivity contribution in [1.29, 1.82) is 5.26 Å². The molecule has 1 unspecified atom stereocenters. The van der Waals surface area contributed by atoms with Crippen molar-refractivity contribution in [3.63, 3.8) is 0 Å². The van der Waals surface area contributed by atoms with Crippen molar-refractivity contribution in [2.45, 2.75) is 46.0 Å². The van der Waals surface area contributed by atoms with Crippen LogP contribution in [0.3, 0.4) is 0 Å². The fraction of sp³-hybridized carbons (Fsp3) is 0.933. The lowest BCUT2D eigenvalue weighted by Gasteiger charge is -2.56. The van der Waals surface area contributed by atoms with Gasteiger partial charge in [0.05, 0.1) is 12.0 Å². The highest BCUT2D eigenvalue weighted by molar-refractivity contribution is 5.04. The summed E-state index contributed by atoms with van der Waals surface area (Å²) >= 11 is 0. The first kappa shape index (κ1) is 10.6. The molecular weight excluding hydrogens is 194 g/mol. The molecule has 0 heterocycles. The van der Waals surface area contributed by atoms with Crippen molar-refractivity contribution < 1.29 is 0 Å². The predicted octanol–water partition coefficient (Wildman–Crippen LogP) is 3.85. The van der Waals surface area contributed by atoms with Gasteiger partial charge in [-0.25, -0.2) is 0 Å². The topological polar surface area (TPSA) is 23.8 Å². The lowest BCUT2D eigenvalue weighted by molar-refractivity contribution is -0.0589. The van der Waals surface area contributed by atoms with E-state index in [-0.39, 0.29) is 0 Å². The van der Waals surface area contributed by atoms with Crippen LogP contribution in [0, 0.1) is 52.8 Å². The van der Waals surface area contributed by atoms with Gasteiger partial charge in [-0.05, 0) is 67.6 Å². The highest BCUT2D eigenvalue weighted by atomic mass is 14.6. The SMILES string of the molecule is CC(C)C(C#N)C1C2CC3CC(C2)CC1C3. The molecule has 16 heavy (non-hydrogen) atoms. The van der Waals surface area contributed by atoms with Gasteiger partial charge in [0.2, 0.25) is 0 Å². The zero-order chi connectivity index (χ0) is 11.3. The molecule has 0 aromatic rings. The van der Waals surface area contributed by atoms with E-state index in [0.29, 0.717) is 11.8 Å². The van der Waals surface area contributed by atoms with Crippen LogP contribution in [0.25, 0.3) is 0 Å². The monoisotopic (exact) mass is 217 g/mol. The van der Waals surface area contributed by atoms with Crippen molar-refractivity contribution in [2.75, 3.05) is 0 Å². The van der Waals surface area contributed by atoms with E-state index in [1.807, 2.05) is 0 Å². The van der Waals surface area contributed by atoms with E-state index in [0.717, 1.165) is 29.6 Å². The Morgan fingerprint density at radius 2 is 1.44 bits per heavy atom. The van der Waals surface area contributed by atoms with E-state index in [2.05, 4.69) is 19.9 Å². The quantitative estimate of drug-likeness (QED) is 0.689. The minimum atomic E-state index is 0.329. The molecule has 0 aromatic carbocycles. The van der Waals surface area contributed by atoms with Crippen LogP contribution < -0.4 is 0 Å². The molecular formula is C15H23N. The molecule has 0 radical (unpaired) electrons. The molecule has 1 nitrogen and oxygen atoms in total. The van der Waals surface area contributed by atoms with E-state index in [9.17, 15) is 5.26 Å². The van der Waals surface area contributed by atoms with Gasteiger partial charge >= 0.3 is 0 Å². The number of nitriles is 1. The minimum Gasteiger partial charge on any atom is -0.198 e. The standard InChI is InChI=1S/C15H23N/c1-9(2)14(8-16)15-12-4-10-3-11(6-12)7-13(15)5-10/h9-15H,3-7H2,1-2H3. The number of hydrogen-bond donors (Lipinski definition) is 0. The molecule has 0 saturated heterocycles. The third kappa shape index (κ3) is 1.50. The molecule has 4 saturated carbocycles. The van der Waals surface area contributed by atoms with Gasteiger partial charge in [0.25, 0.3) is 0 Å². The molecule has 0 amide bonds. The maximum absolute atomic E-state index is 9.43. The average molecular weight is 217 g/mol. The van der Waals surface area contributed by atoms with Crippen LogP contribution in [0.15, 0.2) is 0 Å². The highest BCUT2D eigenvalue weighted by Crippen LogP contribution is 2.58. The van der Waals surface area contributed by atoms with Crippen molar-refractivity contribution >= 4 is 0 Å². The van der Waals surface area contributed by atoms with Gasteiger partial charge in [-0.1, -0.05) is 13.8 Å². The van der Waals surface area contributed by atoms with Gasteiger partial charge in [-0.15, -0.1) is 0 Å². The largest absolute Gasteiger partial charge is 0.198 e. The molecule has 4 aliphatic carbocycles. The second kappa shape index (κ2) is 3.76. The molecule has 4 aliphatic rings. The van der Waals surface area contributed by atoms with Gasteiger partial charge in [0.15, 0.2) is 0 Å². The Morgan fingerprint density at radius 1 is 0.938 bits per heavy atom. The van der Waals surface area contributed by atoms with Gasteiger partial charge in [0, 0.05) is 0 Å². The summed E-state index contributed by atoms with van der Waals surface area (Å²) in [6, 6.07) is 2.63. The fourth-order valence-corrected chi connectivity index (χ4v) is 5.23. The van der Waals surface area contributed by atoms with Crippen molar-refractivity contribution in [2.24, 2.45) is 41.4 Å². The van der Waals surface area contributed by atoms with Crippen LogP contribution in [-0.4, -0.2) is 0 Å². The maximum Gasteiger partial charge on any atom is 0.0661 e. The van der Waals surface area contributed by atoms with E-state index >= 15 is 0 Å². The smallest absolute Gasteiger partial charge is 0.0661 e. The molecule has 1 heteroatoms.